The van der Waals surface area contributed by atoms with Crippen LogP contribution in [0, 0.1) is 12.3 Å². The van der Waals surface area contributed by atoms with Crippen molar-refractivity contribution in [3.05, 3.63) is 23.2 Å². The van der Waals surface area contributed by atoms with Crippen LogP contribution in [-0.2, 0) is 6.54 Å². The molecule has 1 aliphatic carbocycles. The van der Waals surface area contributed by atoms with E-state index in [1.165, 1.54) is 44.9 Å². The summed E-state index contributed by atoms with van der Waals surface area (Å²) in [6, 6.07) is 1.68. The smallest absolute Gasteiger partial charge is 0.371 e. The summed E-state index contributed by atoms with van der Waals surface area (Å²) in [4.78, 5) is 13.4. The molecule has 0 unspecified atom stereocenters. The maximum absolute atomic E-state index is 11.0. The summed E-state index contributed by atoms with van der Waals surface area (Å²) in [5, 5.41) is 8.99. The number of furan rings is 1. The van der Waals surface area contributed by atoms with Crippen molar-refractivity contribution < 1.29 is 14.3 Å². The van der Waals surface area contributed by atoms with Crippen molar-refractivity contribution >= 4 is 5.97 Å². The zero-order chi connectivity index (χ0) is 14.9. The lowest BCUT2D eigenvalue weighted by molar-refractivity contribution is 0.0639. The largest absolute Gasteiger partial charge is 0.475 e. The van der Waals surface area contributed by atoms with Crippen LogP contribution >= 0.6 is 0 Å². The fourth-order valence-corrected chi connectivity index (χ4v) is 4.01. The Hall–Kier alpha value is -1.29. The lowest BCUT2D eigenvalue weighted by atomic mass is 9.68. The molecule has 0 radical (unpaired) electrons. The van der Waals surface area contributed by atoms with Crippen molar-refractivity contribution in [1.29, 1.82) is 0 Å². The molecule has 2 heterocycles. The molecular formula is C17H25NO3. The molecule has 4 nitrogen and oxygen atoms in total. The van der Waals surface area contributed by atoms with E-state index in [1.807, 2.05) is 6.92 Å². The van der Waals surface area contributed by atoms with Crippen LogP contribution in [0.1, 0.15) is 66.8 Å². The van der Waals surface area contributed by atoms with Gasteiger partial charge in [-0.15, -0.1) is 0 Å². The Morgan fingerprint density at radius 3 is 2.48 bits per heavy atom. The predicted molar refractivity (Wildman–Crippen MR) is 80.4 cm³/mol. The molecule has 2 fully saturated rings. The van der Waals surface area contributed by atoms with Crippen molar-refractivity contribution in [3.8, 4) is 0 Å². The third-order valence-electron chi connectivity index (χ3n) is 5.46. The average molecular weight is 291 g/mol. The number of carbonyl (C=O) groups is 1. The van der Waals surface area contributed by atoms with Gasteiger partial charge in [-0.25, -0.2) is 4.79 Å². The molecule has 1 saturated carbocycles. The zero-order valence-electron chi connectivity index (χ0n) is 12.9. The number of rotatable bonds is 3. The third-order valence-corrected chi connectivity index (χ3v) is 5.46. The summed E-state index contributed by atoms with van der Waals surface area (Å²) in [5.41, 5.74) is 1.64. The molecule has 0 bridgehead atoms. The van der Waals surface area contributed by atoms with Gasteiger partial charge in [0.25, 0.3) is 0 Å². The van der Waals surface area contributed by atoms with Crippen LogP contribution in [0.25, 0.3) is 0 Å². The number of piperidine rings is 1. The first-order chi connectivity index (χ1) is 10.1. The van der Waals surface area contributed by atoms with Gasteiger partial charge in [0, 0.05) is 12.1 Å². The number of aromatic carboxylic acids is 1. The van der Waals surface area contributed by atoms with E-state index in [2.05, 4.69) is 4.90 Å². The second-order valence-electron chi connectivity index (χ2n) is 6.83. The maximum Gasteiger partial charge on any atom is 0.371 e. The number of hydrogen-bond donors (Lipinski definition) is 1. The van der Waals surface area contributed by atoms with Gasteiger partial charge in [0.2, 0.25) is 5.76 Å². The molecule has 0 atom stereocenters. The topological polar surface area (TPSA) is 53.7 Å². The van der Waals surface area contributed by atoms with E-state index in [0.717, 1.165) is 31.0 Å². The summed E-state index contributed by atoms with van der Waals surface area (Å²) >= 11 is 0. The highest BCUT2D eigenvalue weighted by Crippen LogP contribution is 2.44. The Morgan fingerprint density at radius 1 is 1.24 bits per heavy atom. The van der Waals surface area contributed by atoms with Gasteiger partial charge in [-0.05, 0) is 57.2 Å². The van der Waals surface area contributed by atoms with Crippen LogP contribution in [0.2, 0.25) is 0 Å². The standard InChI is InChI=1S/C17H25NO3/c1-13-14(11-15(21-13)16(19)20)12-18-9-7-17(8-10-18)5-3-2-4-6-17/h11H,2-10,12H2,1H3,(H,19,20). The zero-order valence-corrected chi connectivity index (χ0v) is 12.9. The molecule has 1 aromatic heterocycles. The van der Waals surface area contributed by atoms with E-state index in [0.29, 0.717) is 5.41 Å². The van der Waals surface area contributed by atoms with Crippen molar-refractivity contribution in [2.24, 2.45) is 5.41 Å². The molecule has 1 saturated heterocycles. The number of carboxylic acids is 1. The van der Waals surface area contributed by atoms with E-state index in [-0.39, 0.29) is 5.76 Å². The van der Waals surface area contributed by atoms with E-state index in [9.17, 15) is 4.79 Å². The molecule has 0 aromatic carbocycles. The molecule has 1 aliphatic heterocycles. The summed E-state index contributed by atoms with van der Waals surface area (Å²) in [6.07, 6.45) is 9.65. The lowest BCUT2D eigenvalue weighted by Gasteiger charge is -2.44. The van der Waals surface area contributed by atoms with Gasteiger partial charge in [0.1, 0.15) is 5.76 Å². The first-order valence-electron chi connectivity index (χ1n) is 8.13. The first-order valence-corrected chi connectivity index (χ1v) is 8.13. The van der Waals surface area contributed by atoms with Crippen LogP contribution in [0.5, 0.6) is 0 Å². The Bertz CT molecular complexity index is 504. The number of carboxylic acid groups (broad SMARTS) is 1. The lowest BCUT2D eigenvalue weighted by Crippen LogP contribution is -2.40. The van der Waals surface area contributed by atoms with Crippen LogP contribution in [0.15, 0.2) is 10.5 Å². The van der Waals surface area contributed by atoms with Gasteiger partial charge in [-0.3, -0.25) is 4.90 Å². The normalized spacial score (nSPS) is 22.5. The quantitative estimate of drug-likeness (QED) is 0.919. The minimum Gasteiger partial charge on any atom is -0.475 e. The van der Waals surface area contributed by atoms with Crippen LogP contribution in [-0.4, -0.2) is 29.1 Å². The van der Waals surface area contributed by atoms with Gasteiger partial charge >= 0.3 is 5.97 Å². The molecule has 3 rings (SSSR count). The van der Waals surface area contributed by atoms with E-state index in [4.69, 9.17) is 9.52 Å². The van der Waals surface area contributed by atoms with Crippen molar-refractivity contribution in [2.45, 2.75) is 58.4 Å². The van der Waals surface area contributed by atoms with Crippen LogP contribution in [0.4, 0.5) is 0 Å². The van der Waals surface area contributed by atoms with E-state index >= 15 is 0 Å². The second-order valence-corrected chi connectivity index (χ2v) is 6.83. The van der Waals surface area contributed by atoms with Crippen molar-refractivity contribution in [2.75, 3.05) is 13.1 Å². The Kier molecular flexibility index (Phi) is 4.07. The number of likely N-dealkylation sites (tertiary alicyclic amines) is 1. The second kappa shape index (κ2) is 5.84. The third kappa shape index (κ3) is 3.15. The van der Waals surface area contributed by atoms with E-state index < -0.39 is 5.97 Å². The number of hydrogen-bond acceptors (Lipinski definition) is 3. The average Bonchev–Trinajstić information content (AvgIpc) is 2.84. The summed E-state index contributed by atoms with van der Waals surface area (Å²) in [5.74, 6) is -0.183. The summed E-state index contributed by atoms with van der Waals surface area (Å²) in [7, 11) is 0. The molecule has 0 amide bonds. The molecule has 4 heteroatoms. The Morgan fingerprint density at radius 2 is 1.90 bits per heavy atom. The van der Waals surface area contributed by atoms with Crippen molar-refractivity contribution in [3.63, 3.8) is 0 Å². The highest BCUT2D eigenvalue weighted by molar-refractivity contribution is 5.84. The molecule has 116 valence electrons. The molecule has 2 aliphatic rings. The van der Waals surface area contributed by atoms with Gasteiger partial charge in [0.05, 0.1) is 0 Å². The van der Waals surface area contributed by atoms with Crippen LogP contribution < -0.4 is 0 Å². The fourth-order valence-electron chi connectivity index (χ4n) is 4.01. The molecule has 1 aromatic rings. The van der Waals surface area contributed by atoms with Crippen LogP contribution in [0.3, 0.4) is 0 Å². The van der Waals surface area contributed by atoms with E-state index in [1.54, 1.807) is 6.07 Å². The Labute approximate surface area is 126 Å². The maximum atomic E-state index is 11.0. The van der Waals surface area contributed by atoms with Gasteiger partial charge in [0.15, 0.2) is 0 Å². The number of nitrogens with zero attached hydrogens (tertiary/aromatic N) is 1. The van der Waals surface area contributed by atoms with Gasteiger partial charge in [-0.2, -0.15) is 0 Å². The predicted octanol–water partition coefficient (Wildman–Crippen LogP) is 3.83. The molecular weight excluding hydrogens is 266 g/mol. The van der Waals surface area contributed by atoms with Gasteiger partial charge in [-0.1, -0.05) is 19.3 Å². The van der Waals surface area contributed by atoms with Gasteiger partial charge < -0.3 is 9.52 Å². The molecule has 1 spiro atoms. The molecule has 1 N–H and O–H groups in total. The minimum atomic E-state index is -0.982. The first kappa shape index (κ1) is 14.6. The Balaban J connectivity index is 1.59. The summed E-state index contributed by atoms with van der Waals surface area (Å²) < 4.78 is 5.30. The number of aryl methyl sites for hydroxylation is 1. The SMILES string of the molecule is Cc1oc(C(=O)O)cc1CN1CCC2(CCCCC2)CC1. The highest BCUT2D eigenvalue weighted by atomic mass is 16.4. The highest BCUT2D eigenvalue weighted by Gasteiger charge is 2.35. The monoisotopic (exact) mass is 291 g/mol. The van der Waals surface area contributed by atoms with Crippen molar-refractivity contribution in [1.82, 2.24) is 4.90 Å². The molecule has 21 heavy (non-hydrogen) atoms. The summed E-state index contributed by atoms with van der Waals surface area (Å²) in [6.45, 7) is 4.94. The fraction of sp³-hybridized carbons (Fsp3) is 0.706. The minimum absolute atomic E-state index is 0.0586.